The second-order valence-corrected chi connectivity index (χ2v) is 9.69. The van der Waals surface area contributed by atoms with E-state index < -0.39 is 17.8 Å². The van der Waals surface area contributed by atoms with Crippen molar-refractivity contribution in [1.82, 2.24) is 20.4 Å². The van der Waals surface area contributed by atoms with Crippen molar-refractivity contribution < 1.29 is 18.7 Å². The number of piperazine rings is 1. The number of nitrogens with zero attached hydrogens (tertiary/aromatic N) is 3. The summed E-state index contributed by atoms with van der Waals surface area (Å²) in [5.41, 5.74) is 13.2. The highest BCUT2D eigenvalue weighted by Gasteiger charge is 2.26. The lowest BCUT2D eigenvalue weighted by Gasteiger charge is -2.36. The molecule has 200 valence electrons. The number of benzene rings is 2. The summed E-state index contributed by atoms with van der Waals surface area (Å²) in [6.45, 7) is 6.94. The van der Waals surface area contributed by atoms with Crippen molar-refractivity contribution in [3.63, 3.8) is 0 Å². The summed E-state index contributed by atoms with van der Waals surface area (Å²) in [5, 5.41) is 13.6. The molecule has 1 aliphatic rings. The molecular formula is C26H29ClFN7O3. The minimum atomic E-state index is -0.799. The van der Waals surface area contributed by atoms with Crippen LogP contribution in [0.15, 0.2) is 42.5 Å². The van der Waals surface area contributed by atoms with Gasteiger partial charge in [0.15, 0.2) is 17.3 Å². The molecule has 0 aliphatic carbocycles. The van der Waals surface area contributed by atoms with Gasteiger partial charge in [-0.15, -0.1) is 10.2 Å². The quantitative estimate of drug-likeness (QED) is 0.346. The van der Waals surface area contributed by atoms with Crippen LogP contribution in [0.5, 0.6) is 5.75 Å². The van der Waals surface area contributed by atoms with Crippen LogP contribution in [0, 0.1) is 5.82 Å². The van der Waals surface area contributed by atoms with E-state index >= 15 is 0 Å². The smallest absolute Gasteiger partial charge is 0.276 e. The van der Waals surface area contributed by atoms with E-state index in [1.165, 1.54) is 12.1 Å². The fourth-order valence-electron chi connectivity index (χ4n) is 4.40. The van der Waals surface area contributed by atoms with Gasteiger partial charge >= 0.3 is 0 Å². The molecule has 0 radical (unpaired) electrons. The summed E-state index contributed by atoms with van der Waals surface area (Å²) < 4.78 is 19.8. The first-order valence-electron chi connectivity index (χ1n) is 12.0. The van der Waals surface area contributed by atoms with Gasteiger partial charge in [-0.1, -0.05) is 11.6 Å². The largest absolute Gasteiger partial charge is 0.482 e. The molecule has 6 N–H and O–H groups in total. The van der Waals surface area contributed by atoms with Gasteiger partial charge in [0.05, 0.1) is 5.02 Å². The van der Waals surface area contributed by atoms with Crippen molar-refractivity contribution in [3.05, 3.63) is 70.1 Å². The van der Waals surface area contributed by atoms with Gasteiger partial charge in [0.2, 0.25) is 0 Å². The summed E-state index contributed by atoms with van der Waals surface area (Å²) in [5.74, 6) is -1.29. The molecule has 1 fully saturated rings. The first-order chi connectivity index (χ1) is 18.0. The lowest BCUT2D eigenvalue weighted by Crippen LogP contribution is -2.55. The molecule has 1 saturated heterocycles. The Hall–Kier alpha value is -3.96. The molecule has 0 saturated carbocycles. The minimum Gasteiger partial charge on any atom is -0.482 e. The molecule has 1 aromatic heterocycles. The van der Waals surface area contributed by atoms with Crippen LogP contribution in [-0.4, -0.2) is 52.1 Å². The standard InChI is InChI=1S/C26H29ClFN7O3/c1-13-11-35(12-14(2)31-13)26(37)16-4-6-17(7-5-16)32-25(36)20-10-21(24(30)34-33-20)38-15(3)22-19(29)9-8-18(28)23(22)27/h4-10,13-15,31H,11-12,29H2,1-3H3,(H2,30,34)(H,32,36)/t13-,14+,15-/m1/s1. The fraction of sp³-hybridized carbons (Fsp3) is 0.308. The van der Waals surface area contributed by atoms with E-state index in [-0.39, 0.29) is 51.5 Å². The van der Waals surface area contributed by atoms with Crippen LogP contribution in [0.3, 0.4) is 0 Å². The number of anilines is 3. The van der Waals surface area contributed by atoms with E-state index in [0.717, 1.165) is 6.07 Å². The minimum absolute atomic E-state index is 0.0535. The second kappa shape index (κ2) is 11.2. The van der Waals surface area contributed by atoms with Crippen molar-refractivity contribution in [3.8, 4) is 5.75 Å². The number of halogens is 2. The molecule has 2 heterocycles. The highest BCUT2D eigenvalue weighted by molar-refractivity contribution is 6.32. The normalized spacial score (nSPS) is 18.1. The van der Waals surface area contributed by atoms with Gasteiger partial charge in [0, 0.05) is 53.7 Å². The molecule has 1 aliphatic heterocycles. The number of hydrogen-bond donors (Lipinski definition) is 4. The predicted molar refractivity (Wildman–Crippen MR) is 144 cm³/mol. The monoisotopic (exact) mass is 541 g/mol. The number of ether oxygens (including phenoxy) is 1. The topological polar surface area (TPSA) is 148 Å². The number of nitrogens with one attached hydrogen (secondary N) is 2. The van der Waals surface area contributed by atoms with Crippen molar-refractivity contribution >= 4 is 40.6 Å². The average Bonchev–Trinajstić information content (AvgIpc) is 2.87. The second-order valence-electron chi connectivity index (χ2n) is 9.31. The van der Waals surface area contributed by atoms with Crippen LogP contribution in [0.1, 0.15) is 53.3 Å². The van der Waals surface area contributed by atoms with Crippen molar-refractivity contribution in [2.24, 2.45) is 0 Å². The van der Waals surface area contributed by atoms with Gasteiger partial charge < -0.3 is 31.7 Å². The SMILES string of the molecule is C[C@@H]1CN(C(=O)c2ccc(NC(=O)c3cc(O[C@H](C)c4c(N)ccc(F)c4Cl)c(N)nn3)cc2)C[C@H](C)N1. The summed E-state index contributed by atoms with van der Waals surface area (Å²) in [7, 11) is 0. The lowest BCUT2D eigenvalue weighted by molar-refractivity contribution is 0.0673. The van der Waals surface area contributed by atoms with Crippen LogP contribution in [-0.2, 0) is 0 Å². The lowest BCUT2D eigenvalue weighted by atomic mass is 10.1. The average molecular weight is 542 g/mol. The molecule has 2 amide bonds. The molecule has 0 bridgehead atoms. The molecule has 10 nitrogen and oxygen atoms in total. The Kier molecular flexibility index (Phi) is 7.98. The molecule has 3 aromatic rings. The molecule has 0 spiro atoms. The van der Waals surface area contributed by atoms with Gasteiger partial charge in [-0.05, 0) is 57.2 Å². The molecule has 0 unspecified atom stereocenters. The highest BCUT2D eigenvalue weighted by atomic mass is 35.5. The Labute approximate surface area is 224 Å². The number of rotatable bonds is 6. The summed E-state index contributed by atoms with van der Waals surface area (Å²) in [4.78, 5) is 27.6. The Morgan fingerprint density at radius 2 is 1.79 bits per heavy atom. The Balaban J connectivity index is 1.45. The third-order valence-corrected chi connectivity index (χ3v) is 6.51. The zero-order valence-electron chi connectivity index (χ0n) is 21.2. The van der Waals surface area contributed by atoms with Gasteiger partial charge in [-0.3, -0.25) is 9.59 Å². The Morgan fingerprint density at radius 1 is 1.13 bits per heavy atom. The van der Waals surface area contributed by atoms with Crippen molar-refractivity contribution in [2.45, 2.75) is 39.0 Å². The van der Waals surface area contributed by atoms with Crippen LogP contribution in [0.2, 0.25) is 5.02 Å². The van der Waals surface area contributed by atoms with Crippen LogP contribution < -0.4 is 26.8 Å². The molecule has 4 rings (SSSR count). The van der Waals surface area contributed by atoms with E-state index in [9.17, 15) is 14.0 Å². The fourth-order valence-corrected chi connectivity index (χ4v) is 4.73. The van der Waals surface area contributed by atoms with E-state index in [0.29, 0.717) is 24.3 Å². The molecule has 2 aromatic carbocycles. The Bertz CT molecular complexity index is 1350. The Morgan fingerprint density at radius 3 is 2.45 bits per heavy atom. The number of nitrogens with two attached hydrogens (primary N) is 2. The number of amides is 2. The van der Waals surface area contributed by atoms with Gasteiger partial charge in [0.25, 0.3) is 11.8 Å². The number of carbonyl (C=O) groups is 2. The van der Waals surface area contributed by atoms with Crippen molar-refractivity contribution in [2.75, 3.05) is 29.9 Å². The van der Waals surface area contributed by atoms with E-state index in [1.807, 2.05) is 18.7 Å². The zero-order valence-corrected chi connectivity index (χ0v) is 21.9. The van der Waals surface area contributed by atoms with Crippen LogP contribution in [0.25, 0.3) is 0 Å². The third kappa shape index (κ3) is 5.95. The summed E-state index contributed by atoms with van der Waals surface area (Å²) >= 11 is 6.07. The van der Waals surface area contributed by atoms with E-state index in [2.05, 4.69) is 20.8 Å². The maximum Gasteiger partial charge on any atom is 0.276 e. The van der Waals surface area contributed by atoms with Crippen LogP contribution in [0.4, 0.5) is 21.6 Å². The van der Waals surface area contributed by atoms with E-state index in [1.54, 1.807) is 31.2 Å². The first-order valence-corrected chi connectivity index (χ1v) is 12.4. The maximum atomic E-state index is 13.9. The van der Waals surface area contributed by atoms with Gasteiger partial charge in [-0.25, -0.2) is 4.39 Å². The highest BCUT2D eigenvalue weighted by Crippen LogP contribution is 2.35. The summed E-state index contributed by atoms with van der Waals surface area (Å²) in [6.07, 6.45) is -0.799. The molecule has 38 heavy (non-hydrogen) atoms. The van der Waals surface area contributed by atoms with Gasteiger partial charge in [-0.2, -0.15) is 0 Å². The number of carbonyl (C=O) groups excluding carboxylic acids is 2. The number of aromatic nitrogens is 2. The molecule has 3 atom stereocenters. The van der Waals surface area contributed by atoms with Crippen LogP contribution >= 0.6 is 11.6 Å². The maximum absolute atomic E-state index is 13.9. The predicted octanol–water partition coefficient (Wildman–Crippen LogP) is 3.65. The zero-order chi connectivity index (χ0) is 27.6. The van der Waals surface area contributed by atoms with Crippen molar-refractivity contribution in [1.29, 1.82) is 0 Å². The van der Waals surface area contributed by atoms with E-state index in [4.69, 9.17) is 27.8 Å². The molecular weight excluding hydrogens is 513 g/mol. The third-order valence-electron chi connectivity index (χ3n) is 6.13. The number of hydrogen-bond acceptors (Lipinski definition) is 8. The first kappa shape index (κ1) is 27.1. The van der Waals surface area contributed by atoms with Gasteiger partial charge in [0.1, 0.15) is 11.9 Å². The molecule has 12 heteroatoms. The summed E-state index contributed by atoms with van der Waals surface area (Å²) in [6, 6.07) is 10.9. The number of nitrogen functional groups attached to an aromatic ring is 2.